The quantitative estimate of drug-likeness (QED) is 0.886. The Kier molecular flexibility index (Phi) is 4.78. The molecule has 0 heterocycles. The van der Waals surface area contributed by atoms with Gasteiger partial charge in [-0.25, -0.2) is 4.39 Å². The second-order valence-corrected chi connectivity index (χ2v) is 5.87. The van der Waals surface area contributed by atoms with Gasteiger partial charge in [0.25, 0.3) is 0 Å². The molecule has 1 atom stereocenters. The number of ether oxygens (including phenoxy) is 1. The summed E-state index contributed by atoms with van der Waals surface area (Å²) >= 11 is 3.39. The number of nitrogens with two attached hydrogens (primary N) is 1. The zero-order valence-corrected chi connectivity index (χ0v) is 13.1. The molecule has 0 saturated heterocycles. The van der Waals surface area contributed by atoms with Gasteiger partial charge in [-0.2, -0.15) is 0 Å². The molecule has 0 fully saturated rings. The second kappa shape index (κ2) is 6.37. The zero-order chi connectivity index (χ0) is 14.7. The summed E-state index contributed by atoms with van der Waals surface area (Å²) in [5, 5.41) is 0. The van der Waals surface area contributed by atoms with E-state index in [1.807, 2.05) is 38.1 Å². The molecule has 0 spiro atoms. The highest BCUT2D eigenvalue weighted by Gasteiger charge is 2.09. The molecule has 2 rings (SSSR count). The van der Waals surface area contributed by atoms with Gasteiger partial charge in [0.05, 0.1) is 0 Å². The maximum atomic E-state index is 14.0. The number of aryl methyl sites for hydroxylation is 1. The Morgan fingerprint density at radius 1 is 1.20 bits per heavy atom. The molecule has 2 N–H and O–H groups in total. The van der Waals surface area contributed by atoms with Crippen molar-refractivity contribution in [3.63, 3.8) is 0 Å². The predicted molar refractivity (Wildman–Crippen MR) is 82.7 cm³/mol. The zero-order valence-electron chi connectivity index (χ0n) is 11.5. The molecule has 0 aliphatic heterocycles. The third-order valence-corrected chi connectivity index (χ3v) is 3.40. The molecule has 0 aromatic heterocycles. The topological polar surface area (TPSA) is 35.2 Å². The average molecular weight is 338 g/mol. The first-order valence-electron chi connectivity index (χ1n) is 6.43. The van der Waals surface area contributed by atoms with Gasteiger partial charge < -0.3 is 10.5 Å². The molecule has 0 bridgehead atoms. The average Bonchev–Trinajstić information content (AvgIpc) is 2.34. The van der Waals surface area contributed by atoms with Crippen LogP contribution in [0, 0.1) is 12.7 Å². The summed E-state index contributed by atoms with van der Waals surface area (Å²) in [6.07, 6.45) is 0.647. The fourth-order valence-corrected chi connectivity index (χ4v) is 2.45. The van der Waals surface area contributed by atoms with Crippen molar-refractivity contribution in [2.45, 2.75) is 26.3 Å². The van der Waals surface area contributed by atoms with E-state index in [4.69, 9.17) is 10.5 Å². The lowest BCUT2D eigenvalue weighted by atomic mass is 10.1. The van der Waals surface area contributed by atoms with Gasteiger partial charge in [-0.05, 0) is 61.7 Å². The van der Waals surface area contributed by atoms with Crippen LogP contribution in [0.25, 0.3) is 0 Å². The van der Waals surface area contributed by atoms with Gasteiger partial charge in [0, 0.05) is 10.5 Å². The lowest BCUT2D eigenvalue weighted by Gasteiger charge is -2.11. The number of rotatable bonds is 4. The largest absolute Gasteiger partial charge is 0.454 e. The highest BCUT2D eigenvalue weighted by Crippen LogP contribution is 2.29. The minimum Gasteiger partial charge on any atom is -0.454 e. The van der Waals surface area contributed by atoms with Crippen molar-refractivity contribution in [2.75, 3.05) is 0 Å². The molecule has 4 heteroatoms. The van der Waals surface area contributed by atoms with Crippen LogP contribution in [0.4, 0.5) is 4.39 Å². The smallest absolute Gasteiger partial charge is 0.165 e. The molecule has 0 amide bonds. The van der Waals surface area contributed by atoms with Crippen molar-refractivity contribution >= 4 is 15.9 Å². The Balaban J connectivity index is 2.21. The van der Waals surface area contributed by atoms with Crippen LogP contribution in [0.15, 0.2) is 40.9 Å². The van der Waals surface area contributed by atoms with E-state index < -0.39 is 0 Å². The van der Waals surface area contributed by atoms with Crippen molar-refractivity contribution in [3.8, 4) is 11.5 Å². The third kappa shape index (κ3) is 3.81. The molecular weight excluding hydrogens is 321 g/mol. The Hall–Kier alpha value is -1.39. The van der Waals surface area contributed by atoms with Crippen LogP contribution in [0.1, 0.15) is 18.1 Å². The fraction of sp³-hybridized carbons (Fsp3) is 0.250. The molecule has 0 aliphatic rings. The summed E-state index contributed by atoms with van der Waals surface area (Å²) in [4.78, 5) is 0. The third-order valence-electron chi connectivity index (χ3n) is 2.91. The van der Waals surface area contributed by atoms with Crippen LogP contribution in [0.2, 0.25) is 0 Å². The van der Waals surface area contributed by atoms with Crippen LogP contribution >= 0.6 is 15.9 Å². The Morgan fingerprint density at radius 2 is 1.90 bits per heavy atom. The van der Waals surface area contributed by atoms with Crippen molar-refractivity contribution in [2.24, 2.45) is 5.73 Å². The van der Waals surface area contributed by atoms with E-state index in [9.17, 15) is 4.39 Å². The first-order valence-corrected chi connectivity index (χ1v) is 7.23. The van der Waals surface area contributed by atoms with Gasteiger partial charge in [-0.1, -0.05) is 22.0 Å². The van der Waals surface area contributed by atoms with E-state index in [0.29, 0.717) is 12.2 Å². The Morgan fingerprint density at radius 3 is 2.50 bits per heavy atom. The second-order valence-electron chi connectivity index (χ2n) is 4.96. The summed E-state index contributed by atoms with van der Waals surface area (Å²) in [5.74, 6) is 0.501. The predicted octanol–water partition coefficient (Wildman–Crippen LogP) is 4.58. The maximum absolute atomic E-state index is 14.0. The SMILES string of the molecule is Cc1cc(Br)ccc1Oc1ccc(CC(C)N)cc1F. The number of halogens is 2. The first-order chi connectivity index (χ1) is 9.45. The van der Waals surface area contributed by atoms with E-state index in [2.05, 4.69) is 15.9 Å². The molecule has 106 valence electrons. The first kappa shape index (κ1) is 15.0. The summed E-state index contributed by atoms with van der Waals surface area (Å²) in [7, 11) is 0. The van der Waals surface area contributed by atoms with Crippen molar-refractivity contribution in [1.82, 2.24) is 0 Å². The molecule has 2 nitrogen and oxygen atoms in total. The van der Waals surface area contributed by atoms with E-state index >= 15 is 0 Å². The monoisotopic (exact) mass is 337 g/mol. The van der Waals surface area contributed by atoms with E-state index in [0.717, 1.165) is 15.6 Å². The minimum atomic E-state index is -0.370. The Labute approximate surface area is 126 Å². The highest BCUT2D eigenvalue weighted by molar-refractivity contribution is 9.10. The minimum absolute atomic E-state index is 0.00915. The molecule has 0 saturated carbocycles. The fourth-order valence-electron chi connectivity index (χ4n) is 1.97. The molecule has 0 radical (unpaired) electrons. The van der Waals surface area contributed by atoms with Crippen LogP contribution in [-0.4, -0.2) is 6.04 Å². The molecular formula is C16H17BrFNO. The van der Waals surface area contributed by atoms with E-state index in [-0.39, 0.29) is 17.6 Å². The molecule has 1 unspecified atom stereocenters. The van der Waals surface area contributed by atoms with Gasteiger partial charge in [0.1, 0.15) is 5.75 Å². The lowest BCUT2D eigenvalue weighted by molar-refractivity contribution is 0.438. The standard InChI is InChI=1S/C16H17BrFNO/c1-10-7-13(17)4-6-15(10)20-16-5-3-12(8-11(2)19)9-14(16)18/h3-7,9,11H,8,19H2,1-2H3. The van der Waals surface area contributed by atoms with Gasteiger partial charge >= 0.3 is 0 Å². The van der Waals surface area contributed by atoms with Crippen molar-refractivity contribution in [3.05, 3.63) is 57.8 Å². The number of benzene rings is 2. The van der Waals surface area contributed by atoms with Gasteiger partial charge in [0.2, 0.25) is 0 Å². The normalized spacial score (nSPS) is 12.2. The summed E-state index contributed by atoms with van der Waals surface area (Å²) < 4.78 is 20.6. The van der Waals surface area contributed by atoms with Crippen LogP contribution < -0.4 is 10.5 Å². The summed E-state index contributed by atoms with van der Waals surface area (Å²) in [6, 6.07) is 10.6. The van der Waals surface area contributed by atoms with Gasteiger partial charge in [-0.15, -0.1) is 0 Å². The molecule has 2 aromatic carbocycles. The van der Waals surface area contributed by atoms with Crippen molar-refractivity contribution < 1.29 is 9.13 Å². The van der Waals surface area contributed by atoms with Gasteiger partial charge in [-0.3, -0.25) is 0 Å². The van der Waals surface area contributed by atoms with Gasteiger partial charge in [0.15, 0.2) is 11.6 Å². The molecule has 20 heavy (non-hydrogen) atoms. The Bertz CT molecular complexity index is 613. The van der Waals surface area contributed by atoms with Crippen molar-refractivity contribution in [1.29, 1.82) is 0 Å². The highest BCUT2D eigenvalue weighted by atomic mass is 79.9. The maximum Gasteiger partial charge on any atom is 0.165 e. The van der Waals surface area contributed by atoms with Crippen LogP contribution in [0.3, 0.4) is 0 Å². The van der Waals surface area contributed by atoms with E-state index in [1.54, 1.807) is 6.07 Å². The van der Waals surface area contributed by atoms with E-state index in [1.165, 1.54) is 6.07 Å². The molecule has 0 aliphatic carbocycles. The molecule has 2 aromatic rings. The van der Waals surface area contributed by atoms with Crippen LogP contribution in [0.5, 0.6) is 11.5 Å². The summed E-state index contributed by atoms with van der Waals surface area (Å²) in [6.45, 7) is 3.82. The summed E-state index contributed by atoms with van der Waals surface area (Å²) in [5.41, 5.74) is 7.53. The lowest BCUT2D eigenvalue weighted by Crippen LogP contribution is -2.17. The number of hydrogen-bond acceptors (Lipinski definition) is 2. The number of hydrogen-bond donors (Lipinski definition) is 1. The van der Waals surface area contributed by atoms with Crippen LogP contribution in [-0.2, 0) is 6.42 Å².